The Morgan fingerprint density at radius 1 is 1.36 bits per heavy atom. The van der Waals surface area contributed by atoms with E-state index in [1.807, 2.05) is 11.8 Å². The van der Waals surface area contributed by atoms with E-state index in [0.29, 0.717) is 4.75 Å². The fraction of sp³-hybridized carbons (Fsp3) is 0.600. The molecule has 0 spiro atoms. The van der Waals surface area contributed by atoms with Crippen molar-refractivity contribution in [2.45, 2.75) is 31.9 Å². The molecular weight excluding hydrogens is 271 g/mol. The van der Waals surface area contributed by atoms with Crippen LogP contribution in [0, 0.1) is 6.08 Å². The second-order valence-corrected chi connectivity index (χ2v) is 5.51. The number of halogens is 2. The molecule has 0 heterocycles. The van der Waals surface area contributed by atoms with E-state index in [4.69, 9.17) is 0 Å². The molecule has 1 aliphatic rings. The minimum atomic E-state index is 0. The van der Waals surface area contributed by atoms with Gasteiger partial charge in [0.1, 0.15) is 0 Å². The molecule has 0 fully saturated rings. The summed E-state index contributed by atoms with van der Waals surface area (Å²) >= 11 is 1.98. The quantitative estimate of drug-likeness (QED) is 0.391. The maximum absolute atomic E-state index is 3.31. The van der Waals surface area contributed by atoms with Crippen molar-refractivity contribution in [3.8, 4) is 0 Å². The normalized spacial score (nSPS) is 13.5. The summed E-state index contributed by atoms with van der Waals surface area (Å²) in [5.74, 6) is 1.11. The summed E-state index contributed by atoms with van der Waals surface area (Å²) in [6.07, 6.45) is 8.67. The van der Waals surface area contributed by atoms with Crippen molar-refractivity contribution in [1.82, 2.24) is 0 Å². The summed E-state index contributed by atoms with van der Waals surface area (Å²) in [6.45, 7) is 6.74. The van der Waals surface area contributed by atoms with Crippen molar-refractivity contribution in [2.75, 3.05) is 5.75 Å². The van der Waals surface area contributed by atoms with Gasteiger partial charge in [0.05, 0.1) is 0 Å². The molecule has 0 N–H and O–H groups in total. The molecule has 14 heavy (non-hydrogen) atoms. The van der Waals surface area contributed by atoms with Gasteiger partial charge in [-0.1, -0.05) is 20.8 Å². The van der Waals surface area contributed by atoms with Gasteiger partial charge in [-0.3, -0.25) is 6.08 Å². The number of rotatable bonds is 2. The van der Waals surface area contributed by atoms with E-state index in [-0.39, 0.29) is 46.5 Å². The third-order valence-corrected chi connectivity index (χ3v) is 2.75. The Morgan fingerprint density at radius 3 is 2.29 bits per heavy atom. The Morgan fingerprint density at radius 2 is 1.93 bits per heavy atom. The van der Waals surface area contributed by atoms with E-state index in [9.17, 15) is 0 Å². The Balaban J connectivity index is -0.000000403. The van der Waals surface area contributed by atoms with Crippen LogP contribution < -0.4 is 24.8 Å². The molecule has 0 bridgehead atoms. The van der Waals surface area contributed by atoms with Crippen LogP contribution in [0.25, 0.3) is 0 Å². The molecule has 0 aliphatic heterocycles. The van der Waals surface area contributed by atoms with Crippen molar-refractivity contribution in [1.29, 1.82) is 0 Å². The molecule has 0 nitrogen and oxygen atoms in total. The van der Waals surface area contributed by atoms with Crippen LogP contribution in [0.5, 0.6) is 0 Å². The first kappa shape index (κ1) is 20.5. The molecule has 0 saturated heterocycles. The predicted molar refractivity (Wildman–Crippen MR) is 52.7 cm³/mol. The van der Waals surface area contributed by atoms with Gasteiger partial charge in [-0.15, -0.1) is 6.42 Å². The van der Waals surface area contributed by atoms with Crippen LogP contribution in [0.15, 0.2) is 17.7 Å². The first-order valence-electron chi connectivity index (χ1n) is 3.98. The average Bonchev–Trinajstić information content (AvgIpc) is 2.32. The van der Waals surface area contributed by atoms with Crippen LogP contribution >= 0.6 is 11.8 Å². The van der Waals surface area contributed by atoms with Gasteiger partial charge in [0.15, 0.2) is 0 Å². The smallest absolute Gasteiger partial charge is 1.00 e. The Hall–Kier alpha value is 1.12. The summed E-state index contributed by atoms with van der Waals surface area (Å²) in [5, 5.41) is 0. The molecule has 1 aliphatic carbocycles. The molecule has 0 aromatic rings. The van der Waals surface area contributed by atoms with Gasteiger partial charge in [-0.05, 0) is 5.75 Å². The second kappa shape index (κ2) is 9.36. The maximum atomic E-state index is 3.31. The van der Waals surface area contributed by atoms with E-state index in [2.05, 4.69) is 39.0 Å². The zero-order valence-corrected chi connectivity index (χ0v) is 12.6. The molecule has 1 radical (unpaired) electrons. The zero-order valence-electron chi connectivity index (χ0n) is 8.73. The van der Waals surface area contributed by atoms with Gasteiger partial charge >= 0.3 is 21.7 Å². The molecule has 0 aromatic carbocycles. The Bertz CT molecular complexity index is 195. The molecule has 4 heteroatoms. The van der Waals surface area contributed by atoms with Gasteiger partial charge < -0.3 is 24.8 Å². The molecule has 0 amide bonds. The van der Waals surface area contributed by atoms with Gasteiger partial charge in [-0.2, -0.15) is 17.8 Å². The van der Waals surface area contributed by atoms with Crippen LogP contribution in [0.1, 0.15) is 27.2 Å². The van der Waals surface area contributed by atoms with E-state index >= 15 is 0 Å². The minimum absolute atomic E-state index is 0. The molecule has 0 aromatic heterocycles. The Kier molecular flexibility index (Phi) is 13.7. The van der Waals surface area contributed by atoms with E-state index < -0.39 is 0 Å². The van der Waals surface area contributed by atoms with Crippen LogP contribution in [-0.2, 0) is 21.7 Å². The summed E-state index contributed by atoms with van der Waals surface area (Å²) in [7, 11) is 0. The SMILES string of the molecule is CC(C)(C)SCC1=[C-]CC=C1.[Cl-].[Cl-].[Ti+3]. The van der Waals surface area contributed by atoms with Crippen molar-refractivity contribution >= 4 is 11.8 Å². The first-order chi connectivity index (χ1) is 5.08. The summed E-state index contributed by atoms with van der Waals surface area (Å²) < 4.78 is 0.380. The van der Waals surface area contributed by atoms with Gasteiger partial charge in [0.2, 0.25) is 0 Å². The van der Waals surface area contributed by atoms with Crippen molar-refractivity contribution in [2.24, 2.45) is 0 Å². The minimum Gasteiger partial charge on any atom is -1.00 e. The monoisotopic (exact) mass is 285 g/mol. The molecule has 1 rings (SSSR count). The number of hydrogen-bond acceptors (Lipinski definition) is 1. The summed E-state index contributed by atoms with van der Waals surface area (Å²) in [6, 6.07) is 0. The van der Waals surface area contributed by atoms with Crippen molar-refractivity contribution in [3.05, 3.63) is 23.8 Å². The van der Waals surface area contributed by atoms with Gasteiger partial charge in [0.25, 0.3) is 0 Å². The Labute approximate surface area is 119 Å². The predicted octanol–water partition coefficient (Wildman–Crippen LogP) is -2.79. The standard InChI is InChI=1S/C10H15S.2ClH.Ti/c1-10(2,3)11-8-9-6-4-5-7-9;;;/h4,6H,5,8H2,1-3H3;2*1H;/q-1;;;+3/p-2. The van der Waals surface area contributed by atoms with Crippen LogP contribution in [0.2, 0.25) is 0 Å². The van der Waals surface area contributed by atoms with E-state index in [1.165, 1.54) is 5.57 Å². The maximum Gasteiger partial charge on any atom is 3.00 e. The molecule has 0 saturated carbocycles. The third kappa shape index (κ3) is 9.67. The average molecular weight is 286 g/mol. The van der Waals surface area contributed by atoms with Crippen LogP contribution in [0.4, 0.5) is 0 Å². The zero-order chi connectivity index (χ0) is 8.32. The molecule has 0 unspecified atom stereocenters. The third-order valence-electron chi connectivity index (χ3n) is 1.43. The molecule has 0 atom stereocenters. The van der Waals surface area contributed by atoms with Crippen molar-refractivity contribution < 1.29 is 46.5 Å². The molecule has 79 valence electrons. The number of thioether (sulfide) groups is 1. The number of allylic oxidation sites excluding steroid dienone is 3. The first-order valence-corrected chi connectivity index (χ1v) is 4.97. The van der Waals surface area contributed by atoms with E-state index in [1.54, 1.807) is 0 Å². The second-order valence-electron chi connectivity index (χ2n) is 3.71. The van der Waals surface area contributed by atoms with Gasteiger partial charge in [-0.25, -0.2) is 11.6 Å². The summed E-state index contributed by atoms with van der Waals surface area (Å²) in [5.41, 5.74) is 1.37. The number of hydrogen-bond donors (Lipinski definition) is 0. The molecular formula is C10H15Cl2STi. The largest absolute Gasteiger partial charge is 3.00 e. The topological polar surface area (TPSA) is 0 Å². The van der Waals surface area contributed by atoms with E-state index in [0.717, 1.165) is 12.2 Å². The van der Waals surface area contributed by atoms with Crippen LogP contribution in [-0.4, -0.2) is 10.5 Å². The van der Waals surface area contributed by atoms with Crippen LogP contribution in [0.3, 0.4) is 0 Å². The van der Waals surface area contributed by atoms with Gasteiger partial charge in [0, 0.05) is 4.75 Å². The fourth-order valence-corrected chi connectivity index (χ4v) is 1.63. The van der Waals surface area contributed by atoms with Crippen molar-refractivity contribution in [3.63, 3.8) is 0 Å². The fourth-order valence-electron chi connectivity index (χ4n) is 0.844. The summed E-state index contributed by atoms with van der Waals surface area (Å²) in [4.78, 5) is 0.